The maximum Gasteiger partial charge on any atom is 0.0143 e. The molecule has 3 N–H and O–H groups in total. The monoisotopic (exact) mass is 196 g/mol. The standard InChI is InChI=1S/C12H24N2/c1-2-12(11-7-8-11)14-10-6-4-3-5-9-13/h14H,2-10,13H2,1H3. The normalized spacial score (nSPS) is 14.3. The molecule has 0 aromatic heterocycles. The zero-order chi connectivity index (χ0) is 10.2. The Hall–Kier alpha value is -0.500. The maximum atomic E-state index is 5.44. The Bertz CT molecular complexity index is 179. The lowest BCUT2D eigenvalue weighted by Crippen LogP contribution is -2.14. The van der Waals surface area contributed by atoms with Gasteiger partial charge in [0.25, 0.3) is 0 Å². The summed E-state index contributed by atoms with van der Waals surface area (Å²) >= 11 is 0. The summed E-state index contributed by atoms with van der Waals surface area (Å²) in [5.74, 6) is 0. The molecule has 0 amide bonds. The molecule has 0 aliphatic heterocycles. The number of unbranched alkanes of at least 4 members (excludes halogenated alkanes) is 3. The Balaban J connectivity index is 1.95. The van der Waals surface area contributed by atoms with Gasteiger partial charge < -0.3 is 11.1 Å². The van der Waals surface area contributed by atoms with Crippen molar-refractivity contribution in [1.82, 2.24) is 5.32 Å². The van der Waals surface area contributed by atoms with Crippen molar-refractivity contribution in [1.29, 1.82) is 0 Å². The molecule has 0 bridgehead atoms. The van der Waals surface area contributed by atoms with Crippen molar-refractivity contribution in [2.24, 2.45) is 5.73 Å². The fraction of sp³-hybridized carbons (Fsp3) is 0.833. The Morgan fingerprint density at radius 3 is 2.50 bits per heavy atom. The molecule has 0 unspecified atom stereocenters. The fourth-order valence-electron chi connectivity index (χ4n) is 1.73. The molecule has 0 spiro atoms. The van der Waals surface area contributed by atoms with Crippen LogP contribution in [0.2, 0.25) is 0 Å². The Labute approximate surface area is 87.9 Å². The Kier molecular flexibility index (Phi) is 5.69. The number of nitrogens with one attached hydrogen (secondary N) is 1. The molecular weight excluding hydrogens is 172 g/mol. The zero-order valence-corrected chi connectivity index (χ0v) is 9.44. The third kappa shape index (κ3) is 4.66. The summed E-state index contributed by atoms with van der Waals surface area (Å²) in [4.78, 5) is 0. The van der Waals surface area contributed by atoms with Crippen molar-refractivity contribution in [3.63, 3.8) is 0 Å². The van der Waals surface area contributed by atoms with Crippen LogP contribution in [0.3, 0.4) is 0 Å². The van der Waals surface area contributed by atoms with E-state index >= 15 is 0 Å². The van der Waals surface area contributed by atoms with Crippen LogP contribution in [0.4, 0.5) is 0 Å². The van der Waals surface area contributed by atoms with E-state index in [4.69, 9.17) is 5.73 Å². The molecule has 82 valence electrons. The third-order valence-electron chi connectivity index (χ3n) is 2.75. The molecule has 1 rings (SSSR count). The summed E-state index contributed by atoms with van der Waals surface area (Å²) in [5.41, 5.74) is 8.62. The van der Waals surface area contributed by atoms with E-state index in [0.717, 1.165) is 13.1 Å². The second-order valence-corrected chi connectivity index (χ2v) is 4.07. The molecule has 14 heavy (non-hydrogen) atoms. The molecule has 0 saturated heterocycles. The summed E-state index contributed by atoms with van der Waals surface area (Å²) < 4.78 is 0. The highest BCUT2D eigenvalue weighted by Gasteiger charge is 2.15. The van der Waals surface area contributed by atoms with Gasteiger partial charge in [-0.1, -0.05) is 25.3 Å². The van der Waals surface area contributed by atoms with Gasteiger partial charge in [0.2, 0.25) is 0 Å². The third-order valence-corrected chi connectivity index (χ3v) is 2.75. The van der Waals surface area contributed by atoms with Crippen molar-refractivity contribution in [2.45, 2.75) is 51.9 Å². The lowest BCUT2D eigenvalue weighted by molar-refractivity contribution is 0.616. The van der Waals surface area contributed by atoms with Crippen LogP contribution in [0, 0.1) is 0 Å². The number of allylic oxidation sites excluding steroid dienone is 2. The number of hydrogen-bond donors (Lipinski definition) is 2. The molecule has 1 saturated carbocycles. The first-order valence-electron chi connectivity index (χ1n) is 6.03. The van der Waals surface area contributed by atoms with Gasteiger partial charge in [-0.15, -0.1) is 0 Å². The highest BCUT2D eigenvalue weighted by molar-refractivity contribution is 5.23. The molecule has 1 aliphatic carbocycles. The topological polar surface area (TPSA) is 38.0 Å². The van der Waals surface area contributed by atoms with E-state index in [1.165, 1.54) is 50.6 Å². The first-order valence-corrected chi connectivity index (χ1v) is 6.03. The summed E-state index contributed by atoms with van der Waals surface area (Å²) in [5, 5.41) is 3.56. The van der Waals surface area contributed by atoms with Gasteiger partial charge in [0.1, 0.15) is 0 Å². The van der Waals surface area contributed by atoms with Crippen molar-refractivity contribution < 1.29 is 0 Å². The van der Waals surface area contributed by atoms with Gasteiger partial charge in [-0.3, -0.25) is 0 Å². The maximum absolute atomic E-state index is 5.44. The smallest absolute Gasteiger partial charge is 0.0143 e. The molecule has 0 radical (unpaired) electrons. The summed E-state index contributed by atoms with van der Waals surface area (Å²) in [6.45, 7) is 4.23. The quantitative estimate of drug-likeness (QED) is 0.585. The lowest BCUT2D eigenvalue weighted by atomic mass is 10.2. The predicted octanol–water partition coefficient (Wildman–Crippen LogP) is 2.55. The van der Waals surface area contributed by atoms with E-state index in [2.05, 4.69) is 12.2 Å². The first kappa shape index (κ1) is 11.6. The Morgan fingerprint density at radius 1 is 1.21 bits per heavy atom. The van der Waals surface area contributed by atoms with Gasteiger partial charge in [-0.25, -0.2) is 0 Å². The van der Waals surface area contributed by atoms with Crippen LogP contribution in [0.5, 0.6) is 0 Å². The van der Waals surface area contributed by atoms with Crippen LogP contribution in [0.15, 0.2) is 11.3 Å². The van der Waals surface area contributed by atoms with Crippen molar-refractivity contribution >= 4 is 0 Å². The SMILES string of the molecule is CCC(NCCCCCCN)=C1CC1. The van der Waals surface area contributed by atoms with E-state index in [9.17, 15) is 0 Å². The summed E-state index contributed by atoms with van der Waals surface area (Å²) in [6.07, 6.45) is 8.93. The molecule has 1 aliphatic rings. The van der Waals surface area contributed by atoms with Crippen LogP contribution in [0.25, 0.3) is 0 Å². The van der Waals surface area contributed by atoms with Gasteiger partial charge >= 0.3 is 0 Å². The first-order chi connectivity index (χ1) is 6.88. The van der Waals surface area contributed by atoms with Crippen molar-refractivity contribution in [3.8, 4) is 0 Å². The van der Waals surface area contributed by atoms with Gasteiger partial charge in [0.05, 0.1) is 0 Å². The number of rotatable bonds is 8. The largest absolute Gasteiger partial charge is 0.388 e. The average Bonchev–Trinajstić information content (AvgIpc) is 3.01. The second kappa shape index (κ2) is 6.88. The van der Waals surface area contributed by atoms with E-state index in [0.29, 0.717) is 0 Å². The molecule has 1 fully saturated rings. The second-order valence-electron chi connectivity index (χ2n) is 4.07. The fourth-order valence-corrected chi connectivity index (χ4v) is 1.73. The van der Waals surface area contributed by atoms with Crippen LogP contribution in [-0.4, -0.2) is 13.1 Å². The van der Waals surface area contributed by atoms with Crippen LogP contribution >= 0.6 is 0 Å². The van der Waals surface area contributed by atoms with Crippen LogP contribution in [0.1, 0.15) is 51.9 Å². The summed E-state index contributed by atoms with van der Waals surface area (Å²) in [6, 6.07) is 0. The molecule has 0 aromatic carbocycles. The minimum absolute atomic E-state index is 0.845. The number of hydrogen-bond acceptors (Lipinski definition) is 2. The van der Waals surface area contributed by atoms with E-state index in [1.807, 2.05) is 0 Å². The van der Waals surface area contributed by atoms with Crippen LogP contribution < -0.4 is 11.1 Å². The molecule has 2 heteroatoms. The lowest BCUT2D eigenvalue weighted by Gasteiger charge is -2.08. The minimum atomic E-state index is 0.845. The highest BCUT2D eigenvalue weighted by atomic mass is 14.9. The van der Waals surface area contributed by atoms with Crippen molar-refractivity contribution in [2.75, 3.05) is 13.1 Å². The Morgan fingerprint density at radius 2 is 1.93 bits per heavy atom. The van der Waals surface area contributed by atoms with Gasteiger partial charge in [-0.2, -0.15) is 0 Å². The summed E-state index contributed by atoms with van der Waals surface area (Å²) in [7, 11) is 0. The molecule has 2 nitrogen and oxygen atoms in total. The minimum Gasteiger partial charge on any atom is -0.388 e. The molecule has 0 aromatic rings. The molecular formula is C12H24N2. The predicted molar refractivity (Wildman–Crippen MR) is 62.1 cm³/mol. The molecule has 0 atom stereocenters. The van der Waals surface area contributed by atoms with E-state index in [-0.39, 0.29) is 0 Å². The highest BCUT2D eigenvalue weighted by Crippen LogP contribution is 2.31. The van der Waals surface area contributed by atoms with Crippen LogP contribution in [-0.2, 0) is 0 Å². The number of nitrogens with two attached hydrogens (primary N) is 1. The molecule has 0 heterocycles. The van der Waals surface area contributed by atoms with Crippen molar-refractivity contribution in [3.05, 3.63) is 11.3 Å². The average molecular weight is 196 g/mol. The van der Waals surface area contributed by atoms with Gasteiger partial charge in [-0.05, 0) is 38.6 Å². The van der Waals surface area contributed by atoms with E-state index < -0.39 is 0 Å². The van der Waals surface area contributed by atoms with Gasteiger partial charge in [0, 0.05) is 12.2 Å². The van der Waals surface area contributed by atoms with Gasteiger partial charge in [0.15, 0.2) is 0 Å². The van der Waals surface area contributed by atoms with E-state index in [1.54, 1.807) is 5.57 Å². The zero-order valence-electron chi connectivity index (χ0n) is 9.44.